The number of nitrogens with zero attached hydrogens (tertiary/aromatic N) is 1. The van der Waals surface area contributed by atoms with Crippen molar-refractivity contribution in [1.82, 2.24) is 10.2 Å². The van der Waals surface area contributed by atoms with Gasteiger partial charge in [-0.05, 0) is 55.6 Å². The van der Waals surface area contributed by atoms with Crippen LogP contribution in [0.25, 0.3) is 0 Å². The minimum atomic E-state index is -0.432. The van der Waals surface area contributed by atoms with E-state index < -0.39 is 12.0 Å². The van der Waals surface area contributed by atoms with E-state index in [1.807, 2.05) is 4.90 Å². The van der Waals surface area contributed by atoms with Gasteiger partial charge >= 0.3 is 0 Å². The van der Waals surface area contributed by atoms with Gasteiger partial charge in [-0.2, -0.15) is 0 Å². The molecule has 0 saturated carbocycles. The average molecular weight is 385 g/mol. The van der Waals surface area contributed by atoms with Gasteiger partial charge in [0, 0.05) is 30.9 Å². The smallest absolute Gasteiger partial charge is 0.240 e. The van der Waals surface area contributed by atoms with Crippen LogP contribution >= 0.6 is 12.2 Å². The molecule has 2 fully saturated rings. The van der Waals surface area contributed by atoms with Gasteiger partial charge in [-0.15, -0.1) is 0 Å². The maximum Gasteiger partial charge on any atom is 0.240 e. The largest absolute Gasteiger partial charge is 0.341 e. The van der Waals surface area contributed by atoms with Gasteiger partial charge in [0.05, 0.1) is 5.92 Å². The Morgan fingerprint density at radius 3 is 2.44 bits per heavy atom. The fourth-order valence-electron chi connectivity index (χ4n) is 4.93. The second kappa shape index (κ2) is 8.19. The number of Topliss-reactive ketones (excluding diaryl/α,β-unsaturated/α-hetero) is 1. The van der Waals surface area contributed by atoms with E-state index in [4.69, 9.17) is 12.2 Å². The third-order valence-electron chi connectivity index (χ3n) is 6.38. The Kier molecular flexibility index (Phi) is 5.69. The van der Waals surface area contributed by atoms with Crippen LogP contribution in [0.1, 0.15) is 43.2 Å². The van der Waals surface area contributed by atoms with Crippen molar-refractivity contribution in [3.05, 3.63) is 35.4 Å². The number of carbonyl (C=O) groups is 2. The molecule has 0 spiro atoms. The van der Waals surface area contributed by atoms with E-state index in [9.17, 15) is 9.59 Å². The van der Waals surface area contributed by atoms with E-state index >= 15 is 0 Å². The molecule has 27 heavy (non-hydrogen) atoms. The van der Waals surface area contributed by atoms with Gasteiger partial charge < -0.3 is 10.2 Å². The average Bonchev–Trinajstić information content (AvgIpc) is 3.40. The molecule has 1 amide bonds. The number of hydrogen-bond acceptors (Lipinski definition) is 4. The number of amides is 1. The van der Waals surface area contributed by atoms with Crippen LogP contribution in [-0.2, 0) is 22.4 Å². The van der Waals surface area contributed by atoms with Crippen molar-refractivity contribution < 1.29 is 9.59 Å². The highest BCUT2D eigenvalue weighted by molar-refractivity contribution is 7.80. The normalized spacial score (nSPS) is 25.2. The van der Waals surface area contributed by atoms with Gasteiger partial charge in [-0.3, -0.25) is 9.59 Å². The molecule has 1 N–H and O–H groups in total. The number of hydrogen-bond donors (Lipinski definition) is 1. The fraction of sp³-hybridized carbons (Fsp3) is 0.591. The van der Waals surface area contributed by atoms with Crippen LogP contribution in [0.2, 0.25) is 0 Å². The second-order valence-corrected chi connectivity index (χ2v) is 8.76. The van der Waals surface area contributed by atoms with Crippen LogP contribution in [-0.4, -0.2) is 47.1 Å². The molecule has 0 bridgehead atoms. The highest BCUT2D eigenvalue weighted by Crippen LogP contribution is 2.30. The summed E-state index contributed by atoms with van der Waals surface area (Å²) in [6.45, 7) is 2.13. The van der Waals surface area contributed by atoms with Gasteiger partial charge in [0.2, 0.25) is 5.91 Å². The zero-order chi connectivity index (χ0) is 18.8. The summed E-state index contributed by atoms with van der Waals surface area (Å²) in [5, 5.41) is 3.20. The first-order valence-electron chi connectivity index (χ1n) is 10.3. The first kappa shape index (κ1) is 18.8. The molecule has 2 heterocycles. The van der Waals surface area contributed by atoms with E-state index in [-0.39, 0.29) is 11.7 Å². The zero-order valence-electron chi connectivity index (χ0n) is 15.8. The van der Waals surface area contributed by atoms with Crippen LogP contribution in [0.3, 0.4) is 0 Å². The summed E-state index contributed by atoms with van der Waals surface area (Å²) >= 11 is 5.44. The Balaban J connectivity index is 1.29. The van der Waals surface area contributed by atoms with Gasteiger partial charge in [0.25, 0.3) is 0 Å². The monoisotopic (exact) mass is 384 g/mol. The molecule has 4 rings (SSSR count). The molecule has 0 radical (unpaired) electrons. The van der Waals surface area contributed by atoms with Gasteiger partial charge in [-0.1, -0.05) is 36.5 Å². The van der Waals surface area contributed by atoms with Crippen molar-refractivity contribution >= 4 is 28.8 Å². The minimum absolute atomic E-state index is 0.0666. The van der Waals surface area contributed by atoms with Crippen molar-refractivity contribution in [3.63, 3.8) is 0 Å². The van der Waals surface area contributed by atoms with E-state index in [1.54, 1.807) is 0 Å². The predicted octanol–water partition coefficient (Wildman–Crippen LogP) is 2.72. The maximum absolute atomic E-state index is 12.9. The van der Waals surface area contributed by atoms with Crippen LogP contribution in [0.15, 0.2) is 24.3 Å². The molecule has 5 heteroatoms. The first-order chi connectivity index (χ1) is 13.1. The molecule has 2 aliphatic heterocycles. The number of rotatable bonds is 6. The highest BCUT2D eigenvalue weighted by atomic mass is 32.1. The molecule has 4 nitrogen and oxygen atoms in total. The lowest BCUT2D eigenvalue weighted by molar-refractivity contribution is -0.135. The predicted molar refractivity (Wildman–Crippen MR) is 110 cm³/mol. The Morgan fingerprint density at radius 2 is 1.78 bits per heavy atom. The first-order valence-corrected chi connectivity index (χ1v) is 10.7. The van der Waals surface area contributed by atoms with Gasteiger partial charge in [-0.25, -0.2) is 0 Å². The van der Waals surface area contributed by atoms with E-state index in [2.05, 4.69) is 29.6 Å². The number of benzene rings is 1. The molecule has 2 atom stereocenters. The summed E-state index contributed by atoms with van der Waals surface area (Å²) < 4.78 is 0. The Morgan fingerprint density at radius 1 is 1.11 bits per heavy atom. The van der Waals surface area contributed by atoms with E-state index in [0.717, 1.165) is 51.6 Å². The molecule has 0 aromatic heterocycles. The van der Waals surface area contributed by atoms with Crippen molar-refractivity contribution in [2.45, 2.75) is 51.0 Å². The fourth-order valence-corrected chi connectivity index (χ4v) is 5.28. The molecule has 1 aliphatic carbocycles. The summed E-state index contributed by atoms with van der Waals surface area (Å²) in [5.74, 6) is 0.453. The maximum atomic E-state index is 12.9. The Hall–Kier alpha value is -1.59. The van der Waals surface area contributed by atoms with Crippen LogP contribution in [0.5, 0.6) is 0 Å². The summed E-state index contributed by atoms with van der Waals surface area (Å²) in [7, 11) is 0. The summed E-state index contributed by atoms with van der Waals surface area (Å²) in [6.07, 6.45) is 6.87. The molecule has 144 valence electrons. The van der Waals surface area contributed by atoms with Crippen molar-refractivity contribution in [1.29, 1.82) is 0 Å². The number of ketones is 1. The standard InChI is InChI=1S/C22H28N2O2S/c25-18(9-5-6-15-12-16-7-1-2-8-17(16)13-15)20-19(27)14-23-21(20)22(26)24-10-3-4-11-24/h1-2,7-8,15,20-21,23H,3-6,9-14H2/t20?,21-/m0/s1. The lowest BCUT2D eigenvalue weighted by Crippen LogP contribution is -2.47. The number of likely N-dealkylation sites (tertiary alicyclic amines) is 1. The van der Waals surface area contributed by atoms with Crippen molar-refractivity contribution in [2.24, 2.45) is 11.8 Å². The lowest BCUT2D eigenvalue weighted by Gasteiger charge is -2.24. The molecule has 2 saturated heterocycles. The molecule has 1 aromatic rings. The van der Waals surface area contributed by atoms with Gasteiger partial charge in [0.1, 0.15) is 11.8 Å². The molecule has 3 aliphatic rings. The SMILES string of the molecule is O=C(CCCC1Cc2ccccc2C1)C1C(=S)CN[C@@H]1C(=O)N1CCCC1. The van der Waals surface area contributed by atoms with Crippen molar-refractivity contribution in [2.75, 3.05) is 19.6 Å². The Labute approximate surface area is 166 Å². The molecule has 1 aromatic carbocycles. The zero-order valence-corrected chi connectivity index (χ0v) is 16.6. The van der Waals surface area contributed by atoms with E-state index in [0.29, 0.717) is 23.7 Å². The quantitative estimate of drug-likeness (QED) is 0.766. The minimum Gasteiger partial charge on any atom is -0.341 e. The van der Waals surface area contributed by atoms with Crippen LogP contribution in [0.4, 0.5) is 0 Å². The summed E-state index contributed by atoms with van der Waals surface area (Å²) in [4.78, 5) is 28.3. The third-order valence-corrected chi connectivity index (χ3v) is 6.78. The molecule has 1 unspecified atom stereocenters. The van der Waals surface area contributed by atoms with Gasteiger partial charge in [0.15, 0.2) is 0 Å². The van der Waals surface area contributed by atoms with Crippen molar-refractivity contribution in [3.8, 4) is 0 Å². The number of nitrogens with one attached hydrogen (secondary N) is 1. The third kappa shape index (κ3) is 3.99. The number of thiocarbonyl (C=S) groups is 1. The molecular weight excluding hydrogens is 356 g/mol. The summed E-state index contributed by atoms with van der Waals surface area (Å²) in [6, 6.07) is 8.22. The second-order valence-electron chi connectivity index (χ2n) is 8.24. The topological polar surface area (TPSA) is 49.4 Å². The highest BCUT2D eigenvalue weighted by Gasteiger charge is 2.42. The molecular formula is C22H28N2O2S. The van der Waals surface area contributed by atoms with Crippen LogP contribution in [0, 0.1) is 11.8 Å². The number of carbonyl (C=O) groups excluding carboxylic acids is 2. The number of fused-ring (bicyclic) bond motifs is 1. The van der Waals surface area contributed by atoms with E-state index in [1.165, 1.54) is 11.1 Å². The summed E-state index contributed by atoms with van der Waals surface area (Å²) in [5.41, 5.74) is 2.93. The Bertz CT molecular complexity index is 717. The van der Waals surface area contributed by atoms with Crippen LogP contribution < -0.4 is 5.32 Å². The lowest BCUT2D eigenvalue weighted by atomic mass is 9.90.